The molecule has 1 aromatic carbocycles. The molecule has 0 spiro atoms. The van der Waals surface area contributed by atoms with Gasteiger partial charge in [-0.1, -0.05) is 19.9 Å². The third kappa shape index (κ3) is 3.75. The van der Waals surface area contributed by atoms with Crippen LogP contribution in [0.5, 0.6) is 0 Å². The number of rotatable bonds is 6. The number of nitrogens with zero attached hydrogens (tertiary/aromatic N) is 6. The maximum absolute atomic E-state index is 14.5. The van der Waals surface area contributed by atoms with Gasteiger partial charge in [0.1, 0.15) is 17.7 Å². The van der Waals surface area contributed by atoms with Gasteiger partial charge in [-0.05, 0) is 47.9 Å². The van der Waals surface area contributed by atoms with Crippen molar-refractivity contribution in [3.8, 4) is 11.3 Å². The lowest BCUT2D eigenvalue weighted by Crippen LogP contribution is -2.39. The van der Waals surface area contributed by atoms with E-state index < -0.39 is 29.1 Å². The Balaban J connectivity index is 1.38. The van der Waals surface area contributed by atoms with Crippen molar-refractivity contribution in [1.29, 1.82) is 0 Å². The van der Waals surface area contributed by atoms with Crippen LogP contribution in [0.1, 0.15) is 56.0 Å². The summed E-state index contributed by atoms with van der Waals surface area (Å²) in [5.74, 6) is -1.49. The van der Waals surface area contributed by atoms with E-state index in [1.165, 1.54) is 18.2 Å². The average Bonchev–Trinajstić information content (AvgIpc) is 3.29. The molecule has 1 aliphatic heterocycles. The fraction of sp³-hybridized carbons (Fsp3) is 0.357. The zero-order valence-electron chi connectivity index (χ0n) is 21.5. The molecule has 6 rings (SSSR count). The second kappa shape index (κ2) is 8.98. The van der Waals surface area contributed by atoms with Crippen LogP contribution in [0.3, 0.4) is 0 Å². The summed E-state index contributed by atoms with van der Waals surface area (Å²) in [6, 6.07) is 5.53. The number of aliphatic imine (C=N–C) groups is 1. The highest BCUT2D eigenvalue weighted by molar-refractivity contribution is 5.94. The SMILES string of the molecule is CC1(C)[C@H]2CC[C@]1(c1cncc(N3C=CN=C(C[C@H](O)C(N)=O)C3)n1)c1nnc(-c3c(F)cccc3F)cc12. The Labute approximate surface area is 223 Å². The van der Waals surface area contributed by atoms with E-state index in [1.807, 2.05) is 4.90 Å². The van der Waals surface area contributed by atoms with Gasteiger partial charge in [-0.15, -0.1) is 5.10 Å². The maximum atomic E-state index is 14.5. The van der Waals surface area contributed by atoms with Crippen LogP contribution >= 0.6 is 0 Å². The van der Waals surface area contributed by atoms with E-state index in [0.717, 1.165) is 29.8 Å². The van der Waals surface area contributed by atoms with Crippen LogP contribution in [0.15, 0.2) is 54.1 Å². The van der Waals surface area contributed by atoms with E-state index in [0.29, 0.717) is 18.1 Å². The molecule has 2 aromatic heterocycles. The summed E-state index contributed by atoms with van der Waals surface area (Å²) in [4.78, 5) is 26.9. The van der Waals surface area contributed by atoms with Crippen LogP contribution in [-0.4, -0.2) is 49.5 Å². The highest BCUT2D eigenvalue weighted by Gasteiger charge is 2.65. The average molecular weight is 532 g/mol. The van der Waals surface area contributed by atoms with Gasteiger partial charge in [0.05, 0.1) is 40.8 Å². The Morgan fingerprint density at radius 1 is 1.23 bits per heavy atom. The molecule has 0 radical (unpaired) electrons. The van der Waals surface area contributed by atoms with Crippen LogP contribution in [0.2, 0.25) is 0 Å². The van der Waals surface area contributed by atoms with Gasteiger partial charge in [-0.25, -0.2) is 13.8 Å². The predicted molar refractivity (Wildman–Crippen MR) is 140 cm³/mol. The molecule has 1 saturated carbocycles. The molecule has 3 heterocycles. The van der Waals surface area contributed by atoms with Gasteiger partial charge >= 0.3 is 0 Å². The molecule has 3 aromatic rings. The largest absolute Gasteiger partial charge is 0.383 e. The van der Waals surface area contributed by atoms with E-state index in [2.05, 4.69) is 34.0 Å². The molecule has 1 amide bonds. The number of primary amides is 1. The van der Waals surface area contributed by atoms with Crippen molar-refractivity contribution in [3.05, 3.63) is 77.6 Å². The fourth-order valence-corrected chi connectivity index (χ4v) is 6.56. The standard InChI is InChI=1S/C28H27F2N7O2/c1-27(2)17-6-7-28(27,25-16(17)11-20(35-36-25)24-18(29)4-3-5-19(24)30)22-12-32-13-23(34-22)37-9-8-33-15(14-37)10-21(38)26(31)39/h3-5,8-9,11-13,17,21,38H,6-7,10,14H2,1-2H3,(H2,31,39)/t17-,21-,28-/m0/s1. The summed E-state index contributed by atoms with van der Waals surface area (Å²) in [6.07, 6.45) is 7.07. The maximum Gasteiger partial charge on any atom is 0.246 e. The predicted octanol–water partition coefficient (Wildman–Crippen LogP) is 3.38. The zero-order valence-corrected chi connectivity index (χ0v) is 21.5. The summed E-state index contributed by atoms with van der Waals surface area (Å²) in [7, 11) is 0. The van der Waals surface area contributed by atoms with Crippen LogP contribution < -0.4 is 10.6 Å². The highest BCUT2D eigenvalue weighted by atomic mass is 19.1. The molecule has 2 bridgehead atoms. The molecule has 2 aliphatic carbocycles. The van der Waals surface area contributed by atoms with E-state index in [1.54, 1.807) is 30.9 Å². The van der Waals surface area contributed by atoms with E-state index >= 15 is 0 Å². The summed E-state index contributed by atoms with van der Waals surface area (Å²) in [5, 5.41) is 18.7. The molecule has 200 valence electrons. The molecule has 11 heteroatoms. The molecule has 39 heavy (non-hydrogen) atoms. The summed E-state index contributed by atoms with van der Waals surface area (Å²) >= 11 is 0. The zero-order chi connectivity index (χ0) is 27.5. The van der Waals surface area contributed by atoms with Gasteiger partial charge in [0.2, 0.25) is 5.91 Å². The smallest absolute Gasteiger partial charge is 0.246 e. The molecule has 9 nitrogen and oxygen atoms in total. The Hall–Kier alpha value is -4.12. The molecule has 0 unspecified atom stereocenters. The number of carbonyl (C=O) groups is 1. The molecular weight excluding hydrogens is 504 g/mol. The Bertz CT molecular complexity index is 1540. The number of halogens is 2. The minimum absolute atomic E-state index is 0.0237. The third-order valence-electron chi connectivity index (χ3n) is 8.57. The lowest BCUT2D eigenvalue weighted by molar-refractivity contribution is -0.125. The first-order chi connectivity index (χ1) is 18.6. The second-order valence-corrected chi connectivity index (χ2v) is 10.9. The first-order valence-electron chi connectivity index (χ1n) is 12.7. The van der Waals surface area contributed by atoms with Gasteiger partial charge in [-0.3, -0.25) is 14.8 Å². The lowest BCUT2D eigenvalue weighted by atomic mass is 9.66. The van der Waals surface area contributed by atoms with Gasteiger partial charge in [0, 0.05) is 30.7 Å². The summed E-state index contributed by atoms with van der Waals surface area (Å²) < 4.78 is 29.1. The van der Waals surface area contributed by atoms with Crippen molar-refractivity contribution >= 4 is 17.4 Å². The van der Waals surface area contributed by atoms with E-state index in [-0.39, 0.29) is 29.0 Å². The molecule has 1 fully saturated rings. The first kappa shape index (κ1) is 25.2. The number of aromatic nitrogens is 4. The third-order valence-corrected chi connectivity index (χ3v) is 8.57. The van der Waals surface area contributed by atoms with Crippen LogP contribution in [0.25, 0.3) is 11.3 Å². The molecule has 3 N–H and O–H groups in total. The Morgan fingerprint density at radius 2 is 2.00 bits per heavy atom. The molecular formula is C28H27F2N7O2. The van der Waals surface area contributed by atoms with Crippen molar-refractivity contribution in [3.63, 3.8) is 0 Å². The summed E-state index contributed by atoms with van der Waals surface area (Å²) in [6.45, 7) is 4.65. The van der Waals surface area contributed by atoms with Crippen LogP contribution in [0.4, 0.5) is 14.6 Å². The van der Waals surface area contributed by atoms with Crippen LogP contribution in [0, 0.1) is 17.0 Å². The number of anilines is 1. The molecule has 3 aliphatic rings. The van der Waals surface area contributed by atoms with Crippen molar-refractivity contribution < 1.29 is 18.7 Å². The van der Waals surface area contributed by atoms with E-state index in [4.69, 9.17) is 10.7 Å². The topological polar surface area (TPSA) is 130 Å². The number of aliphatic hydroxyl groups is 1. The van der Waals surface area contributed by atoms with Crippen molar-refractivity contribution in [2.75, 3.05) is 11.4 Å². The highest BCUT2D eigenvalue weighted by Crippen LogP contribution is 2.69. The van der Waals surface area contributed by atoms with Crippen molar-refractivity contribution in [1.82, 2.24) is 20.2 Å². The van der Waals surface area contributed by atoms with Crippen molar-refractivity contribution in [2.45, 2.75) is 50.5 Å². The molecule has 3 atom stereocenters. The monoisotopic (exact) mass is 531 g/mol. The minimum atomic E-state index is -1.32. The van der Waals surface area contributed by atoms with Gasteiger partial charge < -0.3 is 15.7 Å². The second-order valence-electron chi connectivity index (χ2n) is 10.9. The number of benzene rings is 1. The number of hydrogen-bond donors (Lipinski definition) is 2. The fourth-order valence-electron chi connectivity index (χ4n) is 6.56. The van der Waals surface area contributed by atoms with Gasteiger partial charge in [-0.2, -0.15) is 5.10 Å². The lowest BCUT2D eigenvalue weighted by Gasteiger charge is -2.37. The number of hydrogen-bond acceptors (Lipinski definition) is 8. The Morgan fingerprint density at radius 3 is 2.74 bits per heavy atom. The Kier molecular flexibility index (Phi) is 5.79. The normalized spacial score (nSPS) is 23.5. The number of fused-ring (bicyclic) bond motifs is 5. The van der Waals surface area contributed by atoms with Crippen molar-refractivity contribution in [2.24, 2.45) is 16.1 Å². The van der Waals surface area contributed by atoms with Crippen LogP contribution in [-0.2, 0) is 10.2 Å². The van der Waals surface area contributed by atoms with Gasteiger partial charge in [0.25, 0.3) is 0 Å². The molecule has 0 saturated heterocycles. The minimum Gasteiger partial charge on any atom is -0.383 e. The number of carbonyl (C=O) groups excluding carboxylic acids is 1. The number of amides is 1. The quantitative estimate of drug-likeness (QED) is 0.499. The number of nitrogens with two attached hydrogens (primary N) is 1. The first-order valence-corrected chi connectivity index (χ1v) is 12.7. The van der Waals surface area contributed by atoms with E-state index in [9.17, 15) is 18.7 Å². The summed E-state index contributed by atoms with van der Waals surface area (Å²) in [5.41, 5.74) is 7.30. The van der Waals surface area contributed by atoms with Gasteiger partial charge in [0.15, 0.2) is 5.82 Å². The number of aliphatic hydroxyl groups excluding tert-OH is 1.